The van der Waals surface area contributed by atoms with Crippen LogP contribution in [-0.4, -0.2) is 46.6 Å². The predicted molar refractivity (Wildman–Crippen MR) is 136 cm³/mol. The predicted octanol–water partition coefficient (Wildman–Crippen LogP) is 5.61. The van der Waals surface area contributed by atoms with Gasteiger partial charge in [-0.2, -0.15) is 0 Å². The molecule has 0 aliphatic carbocycles. The number of hydrogen-bond donors (Lipinski definition) is 1. The fraction of sp³-hybridized carbons (Fsp3) is 0.367. The summed E-state index contributed by atoms with van der Waals surface area (Å²) in [6, 6.07) is 30.1. The molecule has 0 radical (unpaired) electrons. The first kappa shape index (κ1) is 22.8. The van der Waals surface area contributed by atoms with Gasteiger partial charge in [0, 0.05) is 38.3 Å². The van der Waals surface area contributed by atoms with Crippen molar-refractivity contribution in [2.24, 2.45) is 5.92 Å². The molecule has 3 aromatic carbocycles. The van der Waals surface area contributed by atoms with E-state index in [1.807, 2.05) is 12.1 Å². The molecule has 0 unspecified atom stereocenters. The fourth-order valence-electron chi connectivity index (χ4n) is 6.06. The zero-order valence-corrected chi connectivity index (χ0v) is 20.1. The second kappa shape index (κ2) is 9.36. The maximum absolute atomic E-state index is 11.6. The van der Waals surface area contributed by atoms with E-state index >= 15 is 0 Å². The van der Waals surface area contributed by atoms with Crippen LogP contribution in [0.4, 0.5) is 0 Å². The molecule has 3 aromatic rings. The van der Waals surface area contributed by atoms with Crippen molar-refractivity contribution in [3.63, 3.8) is 0 Å². The lowest BCUT2D eigenvalue weighted by atomic mass is 9.65. The molecule has 4 heteroatoms. The first-order chi connectivity index (χ1) is 16.4. The summed E-state index contributed by atoms with van der Waals surface area (Å²) in [7, 11) is 0. The largest absolute Gasteiger partial charge is 0.478 e. The number of carbonyl (C=O) groups is 1. The zero-order valence-electron chi connectivity index (χ0n) is 20.1. The quantitative estimate of drug-likeness (QED) is 0.544. The number of nitrogens with zero attached hydrogens (tertiary/aromatic N) is 2. The van der Waals surface area contributed by atoms with Gasteiger partial charge in [-0.3, -0.25) is 9.80 Å². The molecule has 0 aromatic heterocycles. The van der Waals surface area contributed by atoms with Crippen LogP contribution < -0.4 is 0 Å². The van der Waals surface area contributed by atoms with Gasteiger partial charge in [-0.05, 0) is 46.6 Å². The Balaban J connectivity index is 1.44. The Morgan fingerprint density at radius 2 is 1.65 bits per heavy atom. The van der Waals surface area contributed by atoms with Gasteiger partial charge in [-0.1, -0.05) is 86.6 Å². The highest BCUT2D eigenvalue weighted by Crippen LogP contribution is 2.45. The van der Waals surface area contributed by atoms with Crippen LogP contribution >= 0.6 is 0 Å². The molecule has 34 heavy (non-hydrogen) atoms. The van der Waals surface area contributed by atoms with Gasteiger partial charge in [0.1, 0.15) is 0 Å². The molecule has 2 fully saturated rings. The topological polar surface area (TPSA) is 43.8 Å². The van der Waals surface area contributed by atoms with Crippen LogP contribution in [0.2, 0.25) is 0 Å². The lowest BCUT2D eigenvalue weighted by Gasteiger charge is -2.55. The summed E-state index contributed by atoms with van der Waals surface area (Å²) in [6.07, 6.45) is 1.03. The molecular formula is C30H34N2O2. The molecule has 2 aliphatic rings. The number of piperidine rings is 1. The number of fused-ring (bicyclic) bond motifs is 1. The minimum atomic E-state index is -0.854. The molecule has 1 N–H and O–H groups in total. The Morgan fingerprint density at radius 3 is 2.35 bits per heavy atom. The Bertz CT molecular complexity index is 1130. The number of hydrogen-bond acceptors (Lipinski definition) is 3. The van der Waals surface area contributed by atoms with Crippen LogP contribution in [0, 0.1) is 5.92 Å². The summed E-state index contributed by atoms with van der Waals surface area (Å²) >= 11 is 0. The fourth-order valence-corrected chi connectivity index (χ4v) is 6.06. The highest BCUT2D eigenvalue weighted by molar-refractivity contribution is 5.87. The Kier molecular flexibility index (Phi) is 6.28. The van der Waals surface area contributed by atoms with Crippen LogP contribution in [0.5, 0.6) is 0 Å². The molecule has 0 bridgehead atoms. The molecule has 4 nitrogen and oxygen atoms in total. The van der Waals surface area contributed by atoms with Crippen molar-refractivity contribution in [1.82, 2.24) is 9.80 Å². The third-order valence-electron chi connectivity index (χ3n) is 8.25. The Hall–Kier alpha value is -2.95. The molecule has 2 aliphatic heterocycles. The van der Waals surface area contributed by atoms with E-state index in [0.717, 1.165) is 38.2 Å². The van der Waals surface area contributed by atoms with Gasteiger partial charge in [0.2, 0.25) is 0 Å². The summed E-state index contributed by atoms with van der Waals surface area (Å²) in [5.74, 6) is -0.419. The number of benzene rings is 3. The van der Waals surface area contributed by atoms with E-state index in [1.54, 1.807) is 6.07 Å². The second-order valence-electron chi connectivity index (χ2n) is 10.4. The molecule has 0 saturated carbocycles. The smallest absolute Gasteiger partial charge is 0.335 e. The van der Waals surface area contributed by atoms with E-state index < -0.39 is 5.97 Å². The summed E-state index contributed by atoms with van der Waals surface area (Å²) in [5, 5.41) is 9.54. The molecule has 176 valence electrons. The number of carboxylic acids is 1. The minimum absolute atomic E-state index is 0.0510. The number of rotatable bonds is 5. The maximum atomic E-state index is 11.6. The van der Waals surface area contributed by atoms with Crippen molar-refractivity contribution in [1.29, 1.82) is 0 Å². The summed E-state index contributed by atoms with van der Waals surface area (Å²) in [6.45, 7) is 8.66. The average molecular weight is 455 g/mol. The summed E-state index contributed by atoms with van der Waals surface area (Å²) < 4.78 is 0. The number of piperazine rings is 1. The van der Waals surface area contributed by atoms with E-state index in [-0.39, 0.29) is 5.41 Å². The standard InChI is InChI=1S/C30H34N2O2/c1-22-18-31-21-28(24-12-7-4-8-13-24)32(19-23-10-5-3-6-11-23)20-27(31)17-30(22,2)26-15-9-14-25(16-26)29(33)34/h3-16,22,27-28H,17-21H2,1-2H3,(H,33,34)/t22-,27+,28+,30+/m0/s1. The first-order valence-electron chi connectivity index (χ1n) is 12.3. The van der Waals surface area contributed by atoms with Crippen LogP contribution in [0.3, 0.4) is 0 Å². The maximum Gasteiger partial charge on any atom is 0.335 e. The van der Waals surface area contributed by atoms with Crippen LogP contribution in [-0.2, 0) is 12.0 Å². The molecule has 0 amide bonds. The van der Waals surface area contributed by atoms with Crippen LogP contribution in [0.25, 0.3) is 0 Å². The third-order valence-corrected chi connectivity index (χ3v) is 8.25. The van der Waals surface area contributed by atoms with Crippen molar-refractivity contribution in [3.05, 3.63) is 107 Å². The van der Waals surface area contributed by atoms with E-state index in [1.165, 1.54) is 11.1 Å². The van der Waals surface area contributed by atoms with Gasteiger partial charge in [0.05, 0.1) is 5.56 Å². The lowest BCUT2D eigenvalue weighted by Crippen LogP contribution is -2.61. The normalized spacial score (nSPS) is 27.8. The highest BCUT2D eigenvalue weighted by atomic mass is 16.4. The van der Waals surface area contributed by atoms with E-state index in [0.29, 0.717) is 23.6 Å². The van der Waals surface area contributed by atoms with Gasteiger partial charge < -0.3 is 5.11 Å². The van der Waals surface area contributed by atoms with Crippen LogP contribution in [0.1, 0.15) is 53.4 Å². The van der Waals surface area contributed by atoms with E-state index in [9.17, 15) is 9.90 Å². The molecular weight excluding hydrogens is 420 g/mol. The van der Waals surface area contributed by atoms with Gasteiger partial charge in [0.15, 0.2) is 0 Å². The average Bonchev–Trinajstić information content (AvgIpc) is 2.86. The van der Waals surface area contributed by atoms with Crippen molar-refractivity contribution in [2.45, 2.75) is 44.3 Å². The SMILES string of the molecule is C[C@H]1CN2C[C@H](c3ccccc3)N(Cc3ccccc3)C[C@H]2C[C@@]1(C)c1cccc(C(=O)O)c1. The van der Waals surface area contributed by atoms with Gasteiger partial charge in [-0.25, -0.2) is 4.79 Å². The lowest BCUT2D eigenvalue weighted by molar-refractivity contribution is -0.0351. The molecule has 5 rings (SSSR count). The van der Waals surface area contributed by atoms with Gasteiger partial charge in [-0.15, -0.1) is 0 Å². The van der Waals surface area contributed by atoms with Crippen molar-refractivity contribution in [3.8, 4) is 0 Å². The van der Waals surface area contributed by atoms with Crippen molar-refractivity contribution >= 4 is 5.97 Å². The minimum Gasteiger partial charge on any atom is -0.478 e. The Morgan fingerprint density at radius 1 is 0.941 bits per heavy atom. The summed E-state index contributed by atoms with van der Waals surface area (Å²) in [4.78, 5) is 17.0. The van der Waals surface area contributed by atoms with Crippen molar-refractivity contribution in [2.75, 3.05) is 19.6 Å². The highest BCUT2D eigenvalue weighted by Gasteiger charge is 2.46. The monoisotopic (exact) mass is 454 g/mol. The number of carboxylic acid groups (broad SMARTS) is 1. The Labute approximate surface area is 202 Å². The molecule has 2 heterocycles. The summed E-state index contributed by atoms with van der Waals surface area (Å²) in [5.41, 5.74) is 4.21. The van der Waals surface area contributed by atoms with E-state index in [4.69, 9.17) is 0 Å². The van der Waals surface area contributed by atoms with Gasteiger partial charge >= 0.3 is 5.97 Å². The van der Waals surface area contributed by atoms with Gasteiger partial charge in [0.25, 0.3) is 0 Å². The molecule has 4 atom stereocenters. The first-order valence-corrected chi connectivity index (χ1v) is 12.3. The molecule has 0 spiro atoms. The number of aromatic carboxylic acids is 1. The second-order valence-corrected chi connectivity index (χ2v) is 10.4. The van der Waals surface area contributed by atoms with Crippen molar-refractivity contribution < 1.29 is 9.90 Å². The van der Waals surface area contributed by atoms with Crippen LogP contribution in [0.15, 0.2) is 84.9 Å². The third kappa shape index (κ3) is 4.40. The van der Waals surface area contributed by atoms with E-state index in [2.05, 4.69) is 90.4 Å². The molecule has 2 saturated heterocycles. The zero-order chi connectivity index (χ0) is 23.7.